The van der Waals surface area contributed by atoms with Gasteiger partial charge in [-0.25, -0.2) is 0 Å². The summed E-state index contributed by atoms with van der Waals surface area (Å²) in [4.78, 5) is 16.0. The van der Waals surface area contributed by atoms with Crippen LogP contribution in [0.2, 0.25) is 0 Å². The van der Waals surface area contributed by atoms with E-state index >= 15 is 0 Å². The second kappa shape index (κ2) is 8.04. The maximum absolute atomic E-state index is 11.9. The highest BCUT2D eigenvalue weighted by Gasteiger charge is 2.09. The van der Waals surface area contributed by atoms with Crippen LogP contribution in [0.15, 0.2) is 35.5 Å². The number of pyridine rings is 2. The van der Waals surface area contributed by atoms with Crippen molar-refractivity contribution in [2.24, 2.45) is 5.73 Å². The Kier molecular flexibility index (Phi) is 7.50. The zero-order valence-corrected chi connectivity index (χ0v) is 13.1. The zero-order valence-electron chi connectivity index (χ0n) is 11.5. The van der Waals surface area contributed by atoms with Gasteiger partial charge in [0.25, 0.3) is 0 Å². The Bertz CT molecular complexity index is 612. The van der Waals surface area contributed by atoms with Crippen molar-refractivity contribution in [1.29, 1.82) is 0 Å². The molecule has 0 saturated heterocycles. The molecule has 4 nitrogen and oxygen atoms in total. The Balaban J connectivity index is 0.00000180. The summed E-state index contributed by atoms with van der Waals surface area (Å²) in [6, 6.07) is 3.91. The fourth-order valence-electron chi connectivity index (χ4n) is 2.11. The second-order valence-electron chi connectivity index (χ2n) is 4.41. The van der Waals surface area contributed by atoms with Crippen molar-refractivity contribution in [2.75, 3.05) is 0 Å². The van der Waals surface area contributed by atoms with Crippen LogP contribution < -0.4 is 11.2 Å². The van der Waals surface area contributed by atoms with Gasteiger partial charge in [0, 0.05) is 48.5 Å². The molecular weight excluding hydrogens is 297 g/mol. The Morgan fingerprint density at radius 1 is 1.30 bits per heavy atom. The summed E-state index contributed by atoms with van der Waals surface area (Å²) in [6.07, 6.45) is 5.43. The van der Waals surface area contributed by atoms with E-state index in [1.807, 2.05) is 42.9 Å². The highest BCUT2D eigenvalue weighted by Crippen LogP contribution is 2.09. The van der Waals surface area contributed by atoms with Gasteiger partial charge in [0.2, 0.25) is 0 Å². The number of aromatic nitrogens is 2. The van der Waals surface area contributed by atoms with Crippen LogP contribution in [0.3, 0.4) is 0 Å². The van der Waals surface area contributed by atoms with Gasteiger partial charge in [-0.3, -0.25) is 9.78 Å². The van der Waals surface area contributed by atoms with E-state index in [2.05, 4.69) is 4.98 Å². The lowest BCUT2D eigenvalue weighted by molar-refractivity contribution is 0.709. The smallest absolute Gasteiger partial charge is 0.187 e. The van der Waals surface area contributed by atoms with Crippen LogP contribution in [0.4, 0.5) is 0 Å². The van der Waals surface area contributed by atoms with Gasteiger partial charge in [-0.2, -0.15) is 0 Å². The molecule has 0 aliphatic carbocycles. The molecule has 0 saturated carbocycles. The number of halogens is 2. The minimum Gasteiger partial charge on any atom is -0.345 e. The normalized spacial score (nSPS) is 9.55. The van der Waals surface area contributed by atoms with E-state index in [4.69, 9.17) is 5.73 Å². The monoisotopic (exact) mass is 315 g/mol. The predicted molar refractivity (Wildman–Crippen MR) is 85.9 cm³/mol. The molecule has 0 bridgehead atoms. The Morgan fingerprint density at radius 2 is 2.00 bits per heavy atom. The summed E-state index contributed by atoms with van der Waals surface area (Å²) in [5.74, 6) is 0. The Hall–Kier alpha value is -1.36. The molecule has 0 unspecified atom stereocenters. The molecule has 0 aromatic carbocycles. The maximum Gasteiger partial charge on any atom is 0.187 e. The summed E-state index contributed by atoms with van der Waals surface area (Å²) in [5, 5.41) is 0. The third kappa shape index (κ3) is 3.82. The molecule has 0 aliphatic heterocycles. The standard InChI is InChI=1S/C14H17N3O.2ClH/c1-10-8-17(9-12-4-3-5-16-7-12)13(6-15)11(2)14(10)18;;/h3-5,7-8H,6,9,15H2,1-2H3;2*1H. The molecule has 0 amide bonds. The summed E-state index contributed by atoms with van der Waals surface area (Å²) in [7, 11) is 0. The van der Waals surface area contributed by atoms with E-state index in [0.717, 1.165) is 22.4 Å². The molecule has 0 radical (unpaired) electrons. The lowest BCUT2D eigenvalue weighted by Gasteiger charge is -2.15. The summed E-state index contributed by atoms with van der Waals surface area (Å²) < 4.78 is 2.03. The van der Waals surface area contributed by atoms with Crippen LogP contribution in [-0.4, -0.2) is 9.55 Å². The lowest BCUT2D eigenvalue weighted by Crippen LogP contribution is -2.22. The van der Waals surface area contributed by atoms with Gasteiger partial charge < -0.3 is 10.3 Å². The molecule has 20 heavy (non-hydrogen) atoms. The third-order valence-electron chi connectivity index (χ3n) is 3.10. The van der Waals surface area contributed by atoms with Crippen LogP contribution in [0, 0.1) is 13.8 Å². The van der Waals surface area contributed by atoms with Crippen LogP contribution in [-0.2, 0) is 13.1 Å². The van der Waals surface area contributed by atoms with E-state index in [9.17, 15) is 4.79 Å². The zero-order chi connectivity index (χ0) is 13.1. The van der Waals surface area contributed by atoms with Gasteiger partial charge >= 0.3 is 0 Å². The number of aryl methyl sites for hydroxylation is 1. The summed E-state index contributed by atoms with van der Waals surface area (Å²) in [6.45, 7) is 4.70. The molecule has 0 fully saturated rings. The Morgan fingerprint density at radius 3 is 2.55 bits per heavy atom. The van der Waals surface area contributed by atoms with Gasteiger partial charge in [0.1, 0.15) is 0 Å². The van der Waals surface area contributed by atoms with E-state index in [-0.39, 0.29) is 30.2 Å². The average molecular weight is 316 g/mol. The topological polar surface area (TPSA) is 60.9 Å². The molecule has 2 aromatic heterocycles. The second-order valence-corrected chi connectivity index (χ2v) is 4.41. The summed E-state index contributed by atoms with van der Waals surface area (Å²) in [5.41, 5.74) is 9.29. The van der Waals surface area contributed by atoms with Gasteiger partial charge in [0.15, 0.2) is 5.43 Å². The van der Waals surface area contributed by atoms with E-state index < -0.39 is 0 Å². The highest BCUT2D eigenvalue weighted by atomic mass is 35.5. The van der Waals surface area contributed by atoms with E-state index in [1.54, 1.807) is 6.20 Å². The van der Waals surface area contributed by atoms with E-state index in [0.29, 0.717) is 13.1 Å². The number of nitrogens with zero attached hydrogens (tertiary/aromatic N) is 2. The van der Waals surface area contributed by atoms with Gasteiger partial charge in [-0.1, -0.05) is 6.07 Å². The molecule has 0 spiro atoms. The van der Waals surface area contributed by atoms with Crippen molar-refractivity contribution in [3.8, 4) is 0 Å². The summed E-state index contributed by atoms with van der Waals surface area (Å²) >= 11 is 0. The number of hydrogen-bond donors (Lipinski definition) is 1. The van der Waals surface area contributed by atoms with Crippen LogP contribution in [0.5, 0.6) is 0 Å². The van der Waals surface area contributed by atoms with E-state index in [1.165, 1.54) is 0 Å². The van der Waals surface area contributed by atoms with Crippen LogP contribution in [0.25, 0.3) is 0 Å². The van der Waals surface area contributed by atoms with Crippen LogP contribution >= 0.6 is 24.8 Å². The number of nitrogens with two attached hydrogens (primary N) is 1. The van der Waals surface area contributed by atoms with Crippen molar-refractivity contribution in [3.63, 3.8) is 0 Å². The number of rotatable bonds is 3. The highest BCUT2D eigenvalue weighted by molar-refractivity contribution is 5.85. The Labute approximate surface area is 130 Å². The first-order chi connectivity index (χ1) is 8.63. The van der Waals surface area contributed by atoms with Gasteiger partial charge in [-0.05, 0) is 25.5 Å². The minimum atomic E-state index is 0. The first-order valence-electron chi connectivity index (χ1n) is 5.92. The molecule has 2 N–H and O–H groups in total. The molecule has 0 aliphatic rings. The predicted octanol–water partition coefficient (Wildman–Crippen LogP) is 2.21. The fraction of sp³-hybridized carbons (Fsp3) is 0.286. The quantitative estimate of drug-likeness (QED) is 0.944. The lowest BCUT2D eigenvalue weighted by atomic mass is 10.1. The van der Waals surface area contributed by atoms with Gasteiger partial charge in [0.05, 0.1) is 0 Å². The average Bonchev–Trinajstić information content (AvgIpc) is 2.38. The largest absolute Gasteiger partial charge is 0.345 e. The molecule has 2 aromatic rings. The molecule has 2 heterocycles. The van der Waals surface area contributed by atoms with Crippen molar-refractivity contribution in [2.45, 2.75) is 26.9 Å². The minimum absolute atomic E-state index is 0. The molecule has 6 heteroatoms. The first-order valence-corrected chi connectivity index (χ1v) is 5.92. The fourth-order valence-corrected chi connectivity index (χ4v) is 2.11. The molecule has 0 atom stereocenters. The van der Waals surface area contributed by atoms with Crippen molar-refractivity contribution in [3.05, 3.63) is 63.3 Å². The molecular formula is C14H19Cl2N3O. The van der Waals surface area contributed by atoms with Crippen molar-refractivity contribution >= 4 is 24.8 Å². The first kappa shape index (κ1) is 18.6. The third-order valence-corrected chi connectivity index (χ3v) is 3.10. The maximum atomic E-state index is 11.9. The van der Waals surface area contributed by atoms with Gasteiger partial charge in [-0.15, -0.1) is 24.8 Å². The van der Waals surface area contributed by atoms with Crippen molar-refractivity contribution < 1.29 is 0 Å². The van der Waals surface area contributed by atoms with Crippen LogP contribution in [0.1, 0.15) is 22.4 Å². The SMILES string of the molecule is Cc1cn(Cc2cccnc2)c(CN)c(C)c1=O.Cl.Cl. The number of hydrogen-bond acceptors (Lipinski definition) is 3. The molecule has 110 valence electrons. The molecule has 2 rings (SSSR count). The van der Waals surface area contributed by atoms with Crippen molar-refractivity contribution in [1.82, 2.24) is 9.55 Å².